The molecule has 3 atom stereocenters. The third-order valence-corrected chi connectivity index (χ3v) is 4.89. The summed E-state index contributed by atoms with van der Waals surface area (Å²) in [6.07, 6.45) is 3.48. The number of amides is 1. The van der Waals surface area contributed by atoms with Crippen molar-refractivity contribution < 1.29 is 14.3 Å². The summed E-state index contributed by atoms with van der Waals surface area (Å²) in [5, 5.41) is 3.38. The van der Waals surface area contributed by atoms with Gasteiger partial charge in [-0.1, -0.05) is 49.0 Å². The van der Waals surface area contributed by atoms with Gasteiger partial charge in [-0.3, -0.25) is 4.79 Å². The zero-order chi connectivity index (χ0) is 17.0. The maximum Gasteiger partial charge on any atom is 0.341 e. The summed E-state index contributed by atoms with van der Waals surface area (Å²) in [5.41, 5.74) is 0.0847. The lowest BCUT2D eigenvalue weighted by Gasteiger charge is -2.30. The van der Waals surface area contributed by atoms with Gasteiger partial charge in [0.05, 0.1) is 15.6 Å². The van der Waals surface area contributed by atoms with Gasteiger partial charge >= 0.3 is 5.97 Å². The molecule has 1 N–H and O–H groups in total. The molecule has 1 aliphatic carbocycles. The SMILES string of the molecule is C[C@@H]1CCCC[C@H]1NC(=O)[C@@H](C)OC(=O)c1c(Cl)cccc1Cl. The number of ether oxygens (including phenoxy) is 1. The van der Waals surface area contributed by atoms with Crippen LogP contribution in [0.1, 0.15) is 49.9 Å². The van der Waals surface area contributed by atoms with Crippen LogP contribution in [0.5, 0.6) is 0 Å². The molecule has 0 bridgehead atoms. The minimum atomic E-state index is -0.899. The summed E-state index contributed by atoms with van der Waals surface area (Å²) in [4.78, 5) is 24.4. The van der Waals surface area contributed by atoms with E-state index in [1.807, 2.05) is 0 Å². The lowest BCUT2D eigenvalue weighted by molar-refractivity contribution is -0.130. The second kappa shape index (κ2) is 8.02. The van der Waals surface area contributed by atoms with Crippen LogP contribution in [-0.4, -0.2) is 24.0 Å². The molecule has 1 aromatic carbocycles. The molecule has 0 spiro atoms. The van der Waals surface area contributed by atoms with Crippen molar-refractivity contribution in [3.8, 4) is 0 Å². The second-order valence-corrected chi connectivity index (χ2v) is 6.84. The fourth-order valence-electron chi connectivity index (χ4n) is 2.80. The van der Waals surface area contributed by atoms with Gasteiger partial charge in [-0.2, -0.15) is 0 Å². The van der Waals surface area contributed by atoms with Crippen LogP contribution < -0.4 is 5.32 Å². The zero-order valence-corrected chi connectivity index (χ0v) is 14.8. The van der Waals surface area contributed by atoms with Crippen molar-refractivity contribution in [1.82, 2.24) is 5.32 Å². The van der Waals surface area contributed by atoms with Crippen LogP contribution in [0.15, 0.2) is 18.2 Å². The van der Waals surface area contributed by atoms with Gasteiger partial charge in [-0.25, -0.2) is 4.79 Å². The Bertz CT molecular complexity index is 571. The summed E-state index contributed by atoms with van der Waals surface area (Å²) in [6.45, 7) is 3.68. The molecule has 2 rings (SSSR count). The molecule has 0 radical (unpaired) electrons. The van der Waals surface area contributed by atoms with Gasteiger partial charge in [0, 0.05) is 6.04 Å². The molecule has 6 heteroatoms. The van der Waals surface area contributed by atoms with E-state index in [9.17, 15) is 9.59 Å². The lowest BCUT2D eigenvalue weighted by Crippen LogP contribution is -2.46. The van der Waals surface area contributed by atoms with Gasteiger partial charge in [0.15, 0.2) is 6.10 Å². The molecular weight excluding hydrogens is 337 g/mol. The van der Waals surface area contributed by atoms with Crippen molar-refractivity contribution in [1.29, 1.82) is 0 Å². The molecule has 0 heterocycles. The van der Waals surface area contributed by atoms with E-state index in [4.69, 9.17) is 27.9 Å². The van der Waals surface area contributed by atoms with Gasteiger partial charge in [0.25, 0.3) is 5.91 Å². The quantitative estimate of drug-likeness (QED) is 0.820. The monoisotopic (exact) mass is 357 g/mol. The smallest absolute Gasteiger partial charge is 0.341 e. The highest BCUT2D eigenvalue weighted by Gasteiger charge is 2.27. The largest absolute Gasteiger partial charge is 0.449 e. The average Bonchev–Trinajstić information content (AvgIpc) is 2.49. The molecular formula is C17H21Cl2NO3. The predicted molar refractivity (Wildman–Crippen MR) is 90.9 cm³/mol. The topological polar surface area (TPSA) is 55.4 Å². The number of esters is 1. The van der Waals surface area contributed by atoms with E-state index in [1.165, 1.54) is 6.42 Å². The molecule has 0 aromatic heterocycles. The average molecular weight is 358 g/mol. The maximum absolute atomic E-state index is 12.2. The molecule has 126 valence electrons. The molecule has 1 saturated carbocycles. The summed E-state index contributed by atoms with van der Waals surface area (Å²) in [7, 11) is 0. The fraction of sp³-hybridized carbons (Fsp3) is 0.529. The Balaban J connectivity index is 1.96. The third kappa shape index (κ3) is 4.61. The lowest BCUT2D eigenvalue weighted by atomic mass is 9.86. The van der Waals surface area contributed by atoms with Crippen LogP contribution in [0.2, 0.25) is 10.0 Å². The van der Waals surface area contributed by atoms with Crippen LogP contribution >= 0.6 is 23.2 Å². The first-order chi connectivity index (χ1) is 10.9. The van der Waals surface area contributed by atoms with E-state index in [0.29, 0.717) is 5.92 Å². The number of benzene rings is 1. The fourth-order valence-corrected chi connectivity index (χ4v) is 3.35. The molecule has 1 amide bonds. The Morgan fingerprint density at radius 2 is 1.83 bits per heavy atom. The van der Waals surface area contributed by atoms with Crippen molar-refractivity contribution >= 4 is 35.1 Å². The molecule has 23 heavy (non-hydrogen) atoms. The van der Waals surface area contributed by atoms with E-state index in [2.05, 4.69) is 12.2 Å². The minimum Gasteiger partial charge on any atom is -0.449 e. The Hall–Kier alpha value is -1.26. The molecule has 1 aromatic rings. The third-order valence-electron chi connectivity index (χ3n) is 4.26. The highest BCUT2D eigenvalue weighted by Crippen LogP contribution is 2.26. The number of halogens is 2. The number of carbonyl (C=O) groups excluding carboxylic acids is 2. The normalized spacial score (nSPS) is 22.3. The van der Waals surface area contributed by atoms with Crippen LogP contribution in [-0.2, 0) is 9.53 Å². The van der Waals surface area contributed by atoms with E-state index >= 15 is 0 Å². The van der Waals surface area contributed by atoms with Crippen molar-refractivity contribution in [2.24, 2.45) is 5.92 Å². The van der Waals surface area contributed by atoms with Gasteiger partial charge in [-0.15, -0.1) is 0 Å². The second-order valence-electron chi connectivity index (χ2n) is 6.02. The predicted octanol–water partition coefficient (Wildman–Crippen LogP) is 4.23. The van der Waals surface area contributed by atoms with E-state index in [-0.39, 0.29) is 27.6 Å². The van der Waals surface area contributed by atoms with Crippen LogP contribution in [0, 0.1) is 5.92 Å². The number of nitrogens with one attached hydrogen (secondary N) is 1. The number of hydrogen-bond donors (Lipinski definition) is 1. The number of hydrogen-bond acceptors (Lipinski definition) is 3. The molecule has 1 fully saturated rings. The standard InChI is InChI=1S/C17H21Cl2NO3/c1-10-6-3-4-9-14(10)20-16(21)11(2)23-17(22)15-12(18)7-5-8-13(15)19/h5,7-8,10-11,14H,3-4,6,9H2,1-2H3,(H,20,21)/t10-,11-,14-/m1/s1. The first-order valence-electron chi connectivity index (χ1n) is 7.85. The molecule has 0 aliphatic heterocycles. The van der Waals surface area contributed by atoms with Gasteiger partial charge in [-0.05, 0) is 37.8 Å². The summed E-state index contributed by atoms with van der Waals surface area (Å²) < 4.78 is 5.22. The first kappa shape index (κ1) is 18.1. The van der Waals surface area contributed by atoms with Gasteiger partial charge < -0.3 is 10.1 Å². The Morgan fingerprint density at radius 1 is 1.22 bits per heavy atom. The van der Waals surface area contributed by atoms with Crippen LogP contribution in [0.4, 0.5) is 0 Å². The van der Waals surface area contributed by atoms with E-state index in [0.717, 1.165) is 19.3 Å². The molecule has 1 aliphatic rings. The van der Waals surface area contributed by atoms with Crippen LogP contribution in [0.3, 0.4) is 0 Å². The Kier molecular flexibility index (Phi) is 6.31. The highest BCUT2D eigenvalue weighted by atomic mass is 35.5. The van der Waals surface area contributed by atoms with Crippen molar-refractivity contribution in [3.63, 3.8) is 0 Å². The summed E-state index contributed by atoms with van der Waals surface area (Å²) in [6, 6.07) is 4.89. The Morgan fingerprint density at radius 3 is 2.43 bits per heavy atom. The van der Waals surface area contributed by atoms with E-state index < -0.39 is 12.1 Å². The van der Waals surface area contributed by atoms with E-state index in [1.54, 1.807) is 25.1 Å². The van der Waals surface area contributed by atoms with Crippen molar-refractivity contribution in [2.45, 2.75) is 51.7 Å². The van der Waals surface area contributed by atoms with Crippen molar-refractivity contribution in [2.75, 3.05) is 0 Å². The van der Waals surface area contributed by atoms with Gasteiger partial charge in [0.2, 0.25) is 0 Å². The number of rotatable bonds is 4. The zero-order valence-electron chi connectivity index (χ0n) is 13.3. The molecule has 4 nitrogen and oxygen atoms in total. The Labute approximate surface area is 146 Å². The van der Waals surface area contributed by atoms with Crippen molar-refractivity contribution in [3.05, 3.63) is 33.8 Å². The molecule has 0 unspecified atom stereocenters. The first-order valence-corrected chi connectivity index (χ1v) is 8.61. The maximum atomic E-state index is 12.2. The van der Waals surface area contributed by atoms with Crippen LogP contribution in [0.25, 0.3) is 0 Å². The van der Waals surface area contributed by atoms with Gasteiger partial charge in [0.1, 0.15) is 0 Å². The minimum absolute atomic E-state index is 0.0847. The molecule has 0 saturated heterocycles. The summed E-state index contributed by atoms with van der Waals surface area (Å²) >= 11 is 12.0. The highest BCUT2D eigenvalue weighted by molar-refractivity contribution is 6.39. The summed E-state index contributed by atoms with van der Waals surface area (Å²) in [5.74, 6) is -0.547. The number of carbonyl (C=O) groups is 2.